The fraction of sp³-hybridized carbons (Fsp3) is 0.167. The van der Waals surface area contributed by atoms with Crippen molar-refractivity contribution in [1.82, 2.24) is 19.8 Å². The lowest BCUT2D eigenvalue weighted by atomic mass is 10.0. The maximum atomic E-state index is 13.3. The lowest BCUT2D eigenvalue weighted by Gasteiger charge is -2.19. The minimum Gasteiger partial charge on any atom is -0.497 e. The van der Waals surface area contributed by atoms with Gasteiger partial charge >= 0.3 is 0 Å². The van der Waals surface area contributed by atoms with Gasteiger partial charge in [0.15, 0.2) is 5.16 Å². The third kappa shape index (κ3) is 4.40. The lowest BCUT2D eigenvalue weighted by Crippen LogP contribution is -2.28. The number of carbonyl (C=O) groups excluding carboxylic acids is 1. The fourth-order valence-electron chi connectivity index (χ4n) is 3.68. The van der Waals surface area contributed by atoms with Crippen molar-refractivity contribution in [2.45, 2.75) is 17.6 Å². The summed E-state index contributed by atoms with van der Waals surface area (Å²) < 4.78 is 12.7. The van der Waals surface area contributed by atoms with E-state index in [0.717, 1.165) is 22.7 Å². The van der Waals surface area contributed by atoms with Crippen molar-refractivity contribution in [2.75, 3.05) is 12.9 Å². The number of para-hydroxylation sites is 1. The van der Waals surface area contributed by atoms with E-state index in [1.54, 1.807) is 19.7 Å². The molecule has 0 saturated carbocycles. The van der Waals surface area contributed by atoms with Crippen LogP contribution in [0.2, 0.25) is 0 Å². The Morgan fingerprint density at radius 2 is 1.94 bits per heavy atom. The summed E-state index contributed by atoms with van der Waals surface area (Å²) in [5.41, 5.74) is 2.70. The standard InChI is InChI=1S/C24H21N5O3S/c1-31-19-11-9-17(10-12-19)20-14-21(22-8-5-13-32-22)29(27-20)23(30)15-33-24-26-25-16-28(24)18-6-3-2-4-7-18/h2-13,16,21H,14-15H2,1H3/t21-/m1/s1. The summed E-state index contributed by atoms with van der Waals surface area (Å²) in [6.45, 7) is 0. The summed E-state index contributed by atoms with van der Waals surface area (Å²) in [5, 5.41) is 15.0. The molecule has 0 aliphatic carbocycles. The van der Waals surface area contributed by atoms with Crippen LogP contribution in [0.5, 0.6) is 5.75 Å². The van der Waals surface area contributed by atoms with Gasteiger partial charge in [-0.15, -0.1) is 10.2 Å². The molecule has 0 unspecified atom stereocenters. The SMILES string of the molecule is COc1ccc(C2=NN(C(=O)CSc3nncn3-c3ccccc3)[C@@H](c3ccco3)C2)cc1. The van der Waals surface area contributed by atoms with E-state index in [9.17, 15) is 4.79 Å². The molecule has 0 saturated heterocycles. The molecule has 2 aromatic heterocycles. The molecule has 1 aliphatic heterocycles. The van der Waals surface area contributed by atoms with Crippen LogP contribution in [0.3, 0.4) is 0 Å². The molecule has 0 radical (unpaired) electrons. The first-order valence-corrected chi connectivity index (χ1v) is 11.4. The number of methoxy groups -OCH3 is 1. The van der Waals surface area contributed by atoms with Crippen molar-refractivity contribution in [3.05, 3.63) is 90.6 Å². The van der Waals surface area contributed by atoms with E-state index in [2.05, 4.69) is 15.3 Å². The quantitative estimate of drug-likeness (QED) is 0.382. The highest BCUT2D eigenvalue weighted by atomic mass is 32.2. The van der Waals surface area contributed by atoms with Gasteiger partial charge in [-0.25, -0.2) is 5.01 Å². The Labute approximate surface area is 194 Å². The molecular formula is C24H21N5O3S. The van der Waals surface area contributed by atoms with E-state index in [-0.39, 0.29) is 17.7 Å². The summed E-state index contributed by atoms with van der Waals surface area (Å²) >= 11 is 1.33. The van der Waals surface area contributed by atoms with Gasteiger partial charge in [0, 0.05) is 12.1 Å². The number of rotatable bonds is 7. The van der Waals surface area contributed by atoms with Gasteiger partial charge in [-0.1, -0.05) is 30.0 Å². The number of thioether (sulfide) groups is 1. The van der Waals surface area contributed by atoms with Gasteiger partial charge in [0.1, 0.15) is 23.9 Å². The second-order valence-corrected chi connectivity index (χ2v) is 8.30. The zero-order chi connectivity index (χ0) is 22.6. The minimum atomic E-state index is -0.294. The molecule has 2 aromatic carbocycles. The molecule has 0 spiro atoms. The van der Waals surface area contributed by atoms with Gasteiger partial charge in [0.25, 0.3) is 5.91 Å². The average Bonchev–Trinajstić information content (AvgIpc) is 3.63. The van der Waals surface area contributed by atoms with E-state index >= 15 is 0 Å². The van der Waals surface area contributed by atoms with Crippen molar-refractivity contribution in [3.8, 4) is 11.4 Å². The number of furan rings is 1. The van der Waals surface area contributed by atoms with Crippen molar-refractivity contribution in [3.63, 3.8) is 0 Å². The molecule has 1 aliphatic rings. The number of hydrazone groups is 1. The predicted molar refractivity (Wildman–Crippen MR) is 125 cm³/mol. The highest BCUT2D eigenvalue weighted by molar-refractivity contribution is 7.99. The van der Waals surface area contributed by atoms with Gasteiger partial charge in [-0.05, 0) is 54.1 Å². The van der Waals surface area contributed by atoms with Gasteiger partial charge in [-0.3, -0.25) is 9.36 Å². The Hall–Kier alpha value is -3.85. The summed E-state index contributed by atoms with van der Waals surface area (Å²) in [4.78, 5) is 13.3. The molecule has 4 aromatic rings. The number of hydrogen-bond donors (Lipinski definition) is 0. The van der Waals surface area contributed by atoms with Gasteiger partial charge < -0.3 is 9.15 Å². The lowest BCUT2D eigenvalue weighted by molar-refractivity contribution is -0.130. The second-order valence-electron chi connectivity index (χ2n) is 7.36. The Kier molecular flexibility index (Phi) is 5.95. The third-order valence-corrected chi connectivity index (χ3v) is 6.26. The summed E-state index contributed by atoms with van der Waals surface area (Å²) in [5.74, 6) is 1.51. The molecule has 33 heavy (non-hydrogen) atoms. The van der Waals surface area contributed by atoms with Crippen LogP contribution in [0.15, 0.2) is 94.0 Å². The Balaban J connectivity index is 1.36. The summed E-state index contributed by atoms with van der Waals surface area (Å²) in [6.07, 6.45) is 3.82. The number of aromatic nitrogens is 3. The smallest absolute Gasteiger partial charge is 0.253 e. The van der Waals surface area contributed by atoms with E-state index in [0.29, 0.717) is 17.3 Å². The molecule has 1 amide bonds. The summed E-state index contributed by atoms with van der Waals surface area (Å²) in [6, 6.07) is 20.8. The molecule has 0 N–H and O–H groups in total. The molecule has 1 atom stereocenters. The first-order valence-electron chi connectivity index (χ1n) is 10.4. The largest absolute Gasteiger partial charge is 0.497 e. The maximum absolute atomic E-state index is 13.3. The Bertz CT molecular complexity index is 1250. The minimum absolute atomic E-state index is 0.132. The third-order valence-electron chi connectivity index (χ3n) is 5.34. The van der Waals surface area contributed by atoms with Gasteiger partial charge in [0.2, 0.25) is 0 Å². The van der Waals surface area contributed by atoms with Gasteiger partial charge in [-0.2, -0.15) is 5.10 Å². The summed E-state index contributed by atoms with van der Waals surface area (Å²) in [7, 11) is 1.63. The molecule has 5 rings (SSSR count). The second kappa shape index (κ2) is 9.33. The van der Waals surface area contributed by atoms with Crippen LogP contribution in [0, 0.1) is 0 Å². The first kappa shape index (κ1) is 21.0. The van der Waals surface area contributed by atoms with Crippen molar-refractivity contribution in [1.29, 1.82) is 0 Å². The van der Waals surface area contributed by atoms with Crippen molar-refractivity contribution < 1.29 is 13.9 Å². The monoisotopic (exact) mass is 459 g/mol. The van der Waals surface area contributed by atoms with E-state index < -0.39 is 0 Å². The number of ether oxygens (including phenoxy) is 1. The van der Waals surface area contributed by atoms with Crippen LogP contribution < -0.4 is 4.74 Å². The van der Waals surface area contributed by atoms with Crippen LogP contribution in [-0.2, 0) is 4.79 Å². The van der Waals surface area contributed by atoms with Crippen LogP contribution in [0.4, 0.5) is 0 Å². The highest BCUT2D eigenvalue weighted by Crippen LogP contribution is 2.34. The van der Waals surface area contributed by atoms with E-state index in [1.807, 2.05) is 71.3 Å². The number of hydrogen-bond acceptors (Lipinski definition) is 7. The average molecular weight is 460 g/mol. The van der Waals surface area contributed by atoms with Crippen LogP contribution in [0.1, 0.15) is 23.8 Å². The molecular weight excluding hydrogens is 438 g/mol. The van der Waals surface area contributed by atoms with Crippen LogP contribution >= 0.6 is 11.8 Å². The number of nitrogens with zero attached hydrogens (tertiary/aromatic N) is 5. The maximum Gasteiger partial charge on any atom is 0.253 e. The molecule has 0 fully saturated rings. The molecule has 9 heteroatoms. The highest BCUT2D eigenvalue weighted by Gasteiger charge is 2.35. The number of amides is 1. The topological polar surface area (TPSA) is 85.8 Å². The zero-order valence-corrected chi connectivity index (χ0v) is 18.7. The molecule has 166 valence electrons. The van der Waals surface area contributed by atoms with Crippen molar-refractivity contribution >= 4 is 23.4 Å². The molecule has 8 nitrogen and oxygen atoms in total. The predicted octanol–water partition coefficient (Wildman–Crippen LogP) is 4.34. The van der Waals surface area contributed by atoms with Gasteiger partial charge in [0.05, 0.1) is 24.8 Å². The van der Waals surface area contributed by atoms with E-state index in [4.69, 9.17) is 9.15 Å². The zero-order valence-electron chi connectivity index (χ0n) is 17.9. The number of carbonyl (C=O) groups is 1. The van der Waals surface area contributed by atoms with Crippen LogP contribution in [0.25, 0.3) is 5.69 Å². The molecule has 3 heterocycles. The molecule has 0 bridgehead atoms. The normalized spacial score (nSPS) is 15.5. The Morgan fingerprint density at radius 1 is 1.12 bits per heavy atom. The Morgan fingerprint density at radius 3 is 2.67 bits per heavy atom. The fourth-order valence-corrected chi connectivity index (χ4v) is 4.46. The van der Waals surface area contributed by atoms with E-state index in [1.165, 1.54) is 16.8 Å². The van der Waals surface area contributed by atoms with Crippen LogP contribution in [-0.4, -0.2) is 44.3 Å². The first-order chi connectivity index (χ1) is 16.2. The van der Waals surface area contributed by atoms with Crippen molar-refractivity contribution in [2.24, 2.45) is 5.10 Å². The number of benzene rings is 2.